The van der Waals surface area contributed by atoms with E-state index in [0.717, 1.165) is 5.56 Å². The Labute approximate surface area is 147 Å². The van der Waals surface area contributed by atoms with E-state index >= 15 is 0 Å². The molecule has 0 saturated carbocycles. The summed E-state index contributed by atoms with van der Waals surface area (Å²) in [6.45, 7) is 2.71. The molecule has 2 aromatic rings. The van der Waals surface area contributed by atoms with Crippen LogP contribution in [0.3, 0.4) is 0 Å². The molecular formula is C19H22N2O4. The highest BCUT2D eigenvalue weighted by Gasteiger charge is 2.18. The fraction of sp³-hybridized carbons (Fsp3) is 0.316. The molecule has 0 saturated heterocycles. The summed E-state index contributed by atoms with van der Waals surface area (Å²) >= 11 is 0. The number of carbonyl (C=O) groups is 2. The molecule has 0 radical (unpaired) electrons. The first-order valence-electron chi connectivity index (χ1n) is 8.12. The maximum absolute atomic E-state index is 12.9. The topological polar surface area (TPSA) is 68.7 Å². The molecule has 1 heterocycles. The normalized spacial score (nSPS) is 10.2. The minimum absolute atomic E-state index is 0.143. The third kappa shape index (κ3) is 5.60. The summed E-state index contributed by atoms with van der Waals surface area (Å²) in [6, 6.07) is 10.7. The maximum Gasteiger partial charge on any atom is 0.307 e. The fourth-order valence-electron chi connectivity index (χ4n) is 2.36. The standard InChI is InChI=1S/C19H22N2O4/c1-3-25-18(22)9-11-21(14-15-6-5-10-20-13-15)19(23)16-7-4-8-17(12-16)24-2/h4-8,10,12-13H,3,9,11,14H2,1-2H3. The highest BCUT2D eigenvalue weighted by Crippen LogP contribution is 2.16. The van der Waals surface area contributed by atoms with E-state index in [-0.39, 0.29) is 24.8 Å². The van der Waals surface area contributed by atoms with Crippen molar-refractivity contribution in [3.8, 4) is 5.75 Å². The summed E-state index contributed by atoms with van der Waals surface area (Å²) in [5.41, 5.74) is 1.40. The molecule has 6 heteroatoms. The Balaban J connectivity index is 2.16. The Bertz CT molecular complexity index is 704. The summed E-state index contributed by atoms with van der Waals surface area (Å²) in [5, 5.41) is 0. The molecule has 2 rings (SSSR count). The quantitative estimate of drug-likeness (QED) is 0.690. The minimum Gasteiger partial charge on any atom is -0.497 e. The van der Waals surface area contributed by atoms with Gasteiger partial charge in [0.1, 0.15) is 5.75 Å². The average molecular weight is 342 g/mol. The Kier molecular flexibility index (Phi) is 6.95. The third-order valence-electron chi connectivity index (χ3n) is 3.59. The van der Waals surface area contributed by atoms with Gasteiger partial charge in [-0.2, -0.15) is 0 Å². The number of benzene rings is 1. The van der Waals surface area contributed by atoms with E-state index in [1.54, 1.807) is 55.6 Å². The predicted molar refractivity (Wildman–Crippen MR) is 93.2 cm³/mol. The van der Waals surface area contributed by atoms with Crippen LogP contribution in [0.15, 0.2) is 48.8 Å². The molecule has 25 heavy (non-hydrogen) atoms. The van der Waals surface area contributed by atoms with Gasteiger partial charge < -0.3 is 14.4 Å². The summed E-state index contributed by atoms with van der Waals surface area (Å²) in [7, 11) is 1.55. The smallest absolute Gasteiger partial charge is 0.307 e. The van der Waals surface area contributed by atoms with E-state index in [1.165, 1.54) is 0 Å². The minimum atomic E-state index is -0.322. The van der Waals surface area contributed by atoms with Crippen LogP contribution >= 0.6 is 0 Å². The molecule has 0 aliphatic heterocycles. The van der Waals surface area contributed by atoms with Crippen LogP contribution in [-0.4, -0.2) is 42.0 Å². The zero-order chi connectivity index (χ0) is 18.1. The van der Waals surface area contributed by atoms with Crippen LogP contribution < -0.4 is 4.74 Å². The van der Waals surface area contributed by atoms with Crippen LogP contribution in [-0.2, 0) is 16.1 Å². The lowest BCUT2D eigenvalue weighted by molar-refractivity contribution is -0.143. The number of esters is 1. The lowest BCUT2D eigenvalue weighted by atomic mass is 10.1. The summed E-state index contributed by atoms with van der Waals surface area (Å²) in [6.07, 6.45) is 3.52. The van der Waals surface area contributed by atoms with Gasteiger partial charge >= 0.3 is 5.97 Å². The van der Waals surface area contributed by atoms with Gasteiger partial charge in [0.15, 0.2) is 0 Å². The van der Waals surface area contributed by atoms with Gasteiger partial charge in [-0.15, -0.1) is 0 Å². The number of aromatic nitrogens is 1. The lowest BCUT2D eigenvalue weighted by Crippen LogP contribution is -2.33. The van der Waals surface area contributed by atoms with Crippen molar-refractivity contribution in [1.82, 2.24) is 9.88 Å². The van der Waals surface area contributed by atoms with Crippen LogP contribution in [0, 0.1) is 0 Å². The second kappa shape index (κ2) is 9.42. The molecule has 0 N–H and O–H groups in total. The lowest BCUT2D eigenvalue weighted by Gasteiger charge is -2.22. The van der Waals surface area contributed by atoms with Gasteiger partial charge in [-0.25, -0.2) is 0 Å². The van der Waals surface area contributed by atoms with Crippen molar-refractivity contribution >= 4 is 11.9 Å². The van der Waals surface area contributed by atoms with Gasteiger partial charge in [0.05, 0.1) is 20.1 Å². The molecule has 0 atom stereocenters. The number of pyridine rings is 1. The largest absolute Gasteiger partial charge is 0.497 e. The first-order valence-corrected chi connectivity index (χ1v) is 8.12. The molecule has 0 spiro atoms. The van der Waals surface area contributed by atoms with Gasteiger partial charge in [-0.3, -0.25) is 14.6 Å². The molecule has 0 aliphatic rings. The number of amides is 1. The van der Waals surface area contributed by atoms with Crippen molar-refractivity contribution in [2.45, 2.75) is 19.9 Å². The Morgan fingerprint density at radius 3 is 2.72 bits per heavy atom. The zero-order valence-electron chi connectivity index (χ0n) is 14.5. The number of carbonyl (C=O) groups excluding carboxylic acids is 2. The Morgan fingerprint density at radius 2 is 2.04 bits per heavy atom. The molecule has 0 bridgehead atoms. The van der Waals surface area contributed by atoms with Crippen LogP contribution in [0.1, 0.15) is 29.3 Å². The molecule has 1 aromatic carbocycles. The Morgan fingerprint density at radius 1 is 1.20 bits per heavy atom. The van der Waals surface area contributed by atoms with E-state index in [1.807, 2.05) is 12.1 Å². The molecule has 6 nitrogen and oxygen atoms in total. The van der Waals surface area contributed by atoms with Crippen molar-refractivity contribution in [3.63, 3.8) is 0 Å². The van der Waals surface area contributed by atoms with E-state index in [4.69, 9.17) is 9.47 Å². The van der Waals surface area contributed by atoms with Crippen LogP contribution in [0.25, 0.3) is 0 Å². The number of methoxy groups -OCH3 is 1. The molecule has 0 fully saturated rings. The summed E-state index contributed by atoms with van der Waals surface area (Å²) in [4.78, 5) is 30.2. The van der Waals surface area contributed by atoms with Crippen molar-refractivity contribution in [2.24, 2.45) is 0 Å². The third-order valence-corrected chi connectivity index (χ3v) is 3.59. The van der Waals surface area contributed by atoms with Crippen LogP contribution in [0.5, 0.6) is 5.75 Å². The number of nitrogens with zero attached hydrogens (tertiary/aromatic N) is 2. The van der Waals surface area contributed by atoms with E-state index in [9.17, 15) is 9.59 Å². The van der Waals surface area contributed by atoms with Crippen LogP contribution in [0.4, 0.5) is 0 Å². The van der Waals surface area contributed by atoms with Crippen molar-refractivity contribution in [2.75, 3.05) is 20.3 Å². The van der Waals surface area contributed by atoms with Gasteiger partial charge in [-0.05, 0) is 36.8 Å². The van der Waals surface area contributed by atoms with Gasteiger partial charge in [0.2, 0.25) is 0 Å². The SMILES string of the molecule is CCOC(=O)CCN(Cc1cccnc1)C(=O)c1cccc(OC)c1. The number of rotatable bonds is 8. The molecule has 132 valence electrons. The first kappa shape index (κ1) is 18.4. The number of ether oxygens (including phenoxy) is 2. The number of hydrogen-bond donors (Lipinski definition) is 0. The summed E-state index contributed by atoms with van der Waals surface area (Å²) in [5.74, 6) is 0.113. The van der Waals surface area contributed by atoms with E-state index in [2.05, 4.69) is 4.98 Å². The van der Waals surface area contributed by atoms with Crippen molar-refractivity contribution in [1.29, 1.82) is 0 Å². The van der Waals surface area contributed by atoms with Gasteiger partial charge in [-0.1, -0.05) is 12.1 Å². The highest BCUT2D eigenvalue weighted by molar-refractivity contribution is 5.94. The summed E-state index contributed by atoms with van der Waals surface area (Å²) < 4.78 is 10.1. The van der Waals surface area contributed by atoms with Crippen LogP contribution in [0.2, 0.25) is 0 Å². The molecule has 0 aliphatic carbocycles. The second-order valence-electron chi connectivity index (χ2n) is 5.37. The molecule has 0 unspecified atom stereocenters. The fourth-order valence-corrected chi connectivity index (χ4v) is 2.36. The zero-order valence-corrected chi connectivity index (χ0v) is 14.5. The van der Waals surface area contributed by atoms with E-state index in [0.29, 0.717) is 24.5 Å². The van der Waals surface area contributed by atoms with Gasteiger partial charge in [0, 0.05) is 31.0 Å². The number of hydrogen-bond acceptors (Lipinski definition) is 5. The molecule has 1 amide bonds. The second-order valence-corrected chi connectivity index (χ2v) is 5.37. The maximum atomic E-state index is 12.9. The van der Waals surface area contributed by atoms with Crippen molar-refractivity contribution < 1.29 is 19.1 Å². The van der Waals surface area contributed by atoms with Gasteiger partial charge in [0.25, 0.3) is 5.91 Å². The van der Waals surface area contributed by atoms with E-state index < -0.39 is 0 Å². The van der Waals surface area contributed by atoms with Crippen molar-refractivity contribution in [3.05, 3.63) is 59.9 Å². The first-order chi connectivity index (χ1) is 12.1. The molecule has 1 aromatic heterocycles. The highest BCUT2D eigenvalue weighted by atomic mass is 16.5. The average Bonchev–Trinajstić information content (AvgIpc) is 2.65. The Hall–Kier alpha value is -2.89. The monoisotopic (exact) mass is 342 g/mol. The molecular weight excluding hydrogens is 320 g/mol. The predicted octanol–water partition coefficient (Wildman–Crippen LogP) is 2.69.